The van der Waals surface area contributed by atoms with Crippen LogP contribution in [0.15, 0.2) is 12.5 Å². The molecule has 0 aromatic carbocycles. The van der Waals surface area contributed by atoms with Gasteiger partial charge in [0.15, 0.2) is 0 Å². The highest BCUT2D eigenvalue weighted by molar-refractivity contribution is 5.91. The summed E-state index contributed by atoms with van der Waals surface area (Å²) in [5.41, 5.74) is 0.537. The minimum Gasteiger partial charge on any atom is -0.351 e. The Labute approximate surface area is 110 Å². The van der Waals surface area contributed by atoms with Crippen molar-refractivity contribution in [3.05, 3.63) is 18.2 Å². The minimum absolute atomic E-state index is 0.0598. The highest BCUT2D eigenvalue weighted by atomic mass is 16.1. The predicted octanol–water partition coefficient (Wildman–Crippen LogP) is 3.28. The van der Waals surface area contributed by atoms with Gasteiger partial charge in [0.25, 0.3) is 5.91 Å². The molecule has 0 aliphatic carbocycles. The molecule has 0 saturated carbocycles. The van der Waals surface area contributed by atoms with Gasteiger partial charge >= 0.3 is 0 Å². The fraction of sp³-hybridized carbons (Fsp3) is 0.714. The van der Waals surface area contributed by atoms with Crippen molar-refractivity contribution in [2.24, 2.45) is 0 Å². The normalized spacial score (nSPS) is 10.5. The van der Waals surface area contributed by atoms with E-state index in [1.165, 1.54) is 51.3 Å². The van der Waals surface area contributed by atoms with Gasteiger partial charge in [-0.05, 0) is 6.42 Å². The highest BCUT2D eigenvalue weighted by Gasteiger charge is 2.04. The van der Waals surface area contributed by atoms with E-state index in [1.807, 2.05) is 0 Å². The van der Waals surface area contributed by atoms with Crippen molar-refractivity contribution in [1.29, 1.82) is 0 Å². The average molecular weight is 251 g/mol. The lowest BCUT2D eigenvalue weighted by atomic mass is 10.1. The Kier molecular flexibility index (Phi) is 7.93. The molecule has 0 spiro atoms. The summed E-state index contributed by atoms with van der Waals surface area (Å²) in [6.45, 7) is 3.00. The number of imidazole rings is 1. The fourth-order valence-electron chi connectivity index (χ4n) is 1.94. The van der Waals surface area contributed by atoms with Gasteiger partial charge in [0.2, 0.25) is 0 Å². The average Bonchev–Trinajstić information content (AvgIpc) is 2.90. The number of carbonyl (C=O) groups is 1. The summed E-state index contributed by atoms with van der Waals surface area (Å²) in [6, 6.07) is 0. The zero-order chi connectivity index (χ0) is 13.1. The number of amides is 1. The number of nitrogens with one attached hydrogen (secondary N) is 2. The van der Waals surface area contributed by atoms with E-state index in [2.05, 4.69) is 22.2 Å². The summed E-state index contributed by atoms with van der Waals surface area (Å²) in [4.78, 5) is 18.1. The van der Waals surface area contributed by atoms with Crippen LogP contribution in [-0.2, 0) is 0 Å². The first kappa shape index (κ1) is 14.7. The quantitative estimate of drug-likeness (QED) is 0.627. The van der Waals surface area contributed by atoms with Crippen LogP contribution in [-0.4, -0.2) is 22.4 Å². The van der Waals surface area contributed by atoms with Gasteiger partial charge in [-0.2, -0.15) is 0 Å². The molecule has 18 heavy (non-hydrogen) atoms. The van der Waals surface area contributed by atoms with Gasteiger partial charge in [0.1, 0.15) is 5.69 Å². The van der Waals surface area contributed by atoms with Crippen LogP contribution in [0.3, 0.4) is 0 Å². The highest BCUT2D eigenvalue weighted by Crippen LogP contribution is 2.07. The van der Waals surface area contributed by atoms with E-state index in [9.17, 15) is 4.79 Å². The summed E-state index contributed by atoms with van der Waals surface area (Å²) < 4.78 is 0. The lowest BCUT2D eigenvalue weighted by molar-refractivity contribution is 0.0948. The summed E-state index contributed by atoms with van der Waals surface area (Å²) in [7, 11) is 0. The van der Waals surface area contributed by atoms with Gasteiger partial charge in [0.05, 0.1) is 12.5 Å². The third kappa shape index (κ3) is 6.42. The van der Waals surface area contributed by atoms with Crippen LogP contribution in [0.2, 0.25) is 0 Å². The Hall–Kier alpha value is -1.32. The number of aromatic amines is 1. The molecule has 1 aromatic heterocycles. The number of nitrogens with zero attached hydrogens (tertiary/aromatic N) is 1. The number of carbonyl (C=O) groups excluding carboxylic acids is 1. The van der Waals surface area contributed by atoms with Crippen molar-refractivity contribution in [3.63, 3.8) is 0 Å². The molecule has 0 atom stereocenters. The Morgan fingerprint density at radius 2 is 1.83 bits per heavy atom. The number of rotatable bonds is 10. The monoisotopic (exact) mass is 251 g/mol. The Balaban J connectivity index is 1.88. The van der Waals surface area contributed by atoms with Crippen LogP contribution in [0.4, 0.5) is 0 Å². The molecule has 1 heterocycles. The molecule has 0 bridgehead atoms. The molecule has 1 rings (SSSR count). The van der Waals surface area contributed by atoms with Gasteiger partial charge in [-0.15, -0.1) is 0 Å². The zero-order valence-corrected chi connectivity index (χ0v) is 11.4. The Morgan fingerprint density at radius 1 is 1.17 bits per heavy atom. The molecule has 0 radical (unpaired) electrons. The molecule has 0 aliphatic heterocycles. The second-order valence-corrected chi connectivity index (χ2v) is 4.70. The molecule has 2 N–H and O–H groups in total. The summed E-state index contributed by atoms with van der Waals surface area (Å²) in [5, 5.41) is 2.89. The maximum absolute atomic E-state index is 11.5. The fourth-order valence-corrected chi connectivity index (χ4v) is 1.94. The first-order chi connectivity index (χ1) is 8.84. The van der Waals surface area contributed by atoms with Crippen molar-refractivity contribution in [2.75, 3.05) is 6.54 Å². The predicted molar refractivity (Wildman–Crippen MR) is 73.5 cm³/mol. The molecule has 1 amide bonds. The molecule has 0 saturated heterocycles. The molecule has 1 aromatic rings. The van der Waals surface area contributed by atoms with E-state index < -0.39 is 0 Å². The molecule has 0 unspecified atom stereocenters. The van der Waals surface area contributed by atoms with Crippen LogP contribution in [0.25, 0.3) is 0 Å². The van der Waals surface area contributed by atoms with E-state index in [0.29, 0.717) is 5.69 Å². The van der Waals surface area contributed by atoms with Crippen LogP contribution < -0.4 is 5.32 Å². The van der Waals surface area contributed by atoms with Gasteiger partial charge in [0, 0.05) is 6.54 Å². The lowest BCUT2D eigenvalue weighted by Crippen LogP contribution is -2.24. The van der Waals surface area contributed by atoms with Crippen LogP contribution in [0.1, 0.15) is 68.8 Å². The summed E-state index contributed by atoms with van der Waals surface area (Å²) in [6.07, 6.45) is 13.3. The molecule has 0 fully saturated rings. The van der Waals surface area contributed by atoms with Crippen molar-refractivity contribution in [3.8, 4) is 0 Å². The maximum atomic E-state index is 11.5. The standard InChI is InChI=1S/C14H25N3O/c1-2-3-4-5-6-7-8-9-10-16-14(18)13-11-15-12-17-13/h11-12H,2-10H2,1H3,(H,15,17)(H,16,18). The zero-order valence-electron chi connectivity index (χ0n) is 11.4. The SMILES string of the molecule is CCCCCCCCCCNC(=O)c1cnc[nH]1. The largest absolute Gasteiger partial charge is 0.351 e. The van der Waals surface area contributed by atoms with Crippen molar-refractivity contribution < 1.29 is 4.79 Å². The number of unbranched alkanes of at least 4 members (excludes halogenated alkanes) is 7. The molecular formula is C14H25N3O. The first-order valence-electron chi connectivity index (χ1n) is 7.11. The van der Waals surface area contributed by atoms with E-state index in [0.717, 1.165) is 13.0 Å². The second-order valence-electron chi connectivity index (χ2n) is 4.70. The number of H-pyrrole nitrogens is 1. The van der Waals surface area contributed by atoms with E-state index in [1.54, 1.807) is 6.20 Å². The molecule has 4 nitrogen and oxygen atoms in total. The maximum Gasteiger partial charge on any atom is 0.269 e. The van der Waals surface area contributed by atoms with Gasteiger partial charge in [-0.3, -0.25) is 4.79 Å². The van der Waals surface area contributed by atoms with Crippen LogP contribution in [0.5, 0.6) is 0 Å². The first-order valence-corrected chi connectivity index (χ1v) is 7.11. The van der Waals surface area contributed by atoms with Gasteiger partial charge in [-0.25, -0.2) is 4.98 Å². The van der Waals surface area contributed by atoms with Crippen molar-refractivity contribution in [1.82, 2.24) is 15.3 Å². The van der Waals surface area contributed by atoms with Gasteiger partial charge in [-0.1, -0.05) is 51.9 Å². The molecule has 4 heteroatoms. The third-order valence-electron chi connectivity index (χ3n) is 3.06. The van der Waals surface area contributed by atoms with Gasteiger partial charge < -0.3 is 10.3 Å². The van der Waals surface area contributed by atoms with Crippen molar-refractivity contribution >= 4 is 5.91 Å². The van der Waals surface area contributed by atoms with E-state index >= 15 is 0 Å². The lowest BCUT2D eigenvalue weighted by Gasteiger charge is -2.03. The topological polar surface area (TPSA) is 57.8 Å². The number of aromatic nitrogens is 2. The third-order valence-corrected chi connectivity index (χ3v) is 3.06. The second kappa shape index (κ2) is 9.68. The molecular weight excluding hydrogens is 226 g/mol. The van der Waals surface area contributed by atoms with Crippen LogP contribution in [0, 0.1) is 0 Å². The Morgan fingerprint density at radius 3 is 2.44 bits per heavy atom. The van der Waals surface area contributed by atoms with E-state index in [-0.39, 0.29) is 5.91 Å². The smallest absolute Gasteiger partial charge is 0.269 e. The Bertz CT molecular complexity index is 309. The summed E-state index contributed by atoms with van der Waals surface area (Å²) in [5.74, 6) is -0.0598. The summed E-state index contributed by atoms with van der Waals surface area (Å²) >= 11 is 0. The van der Waals surface area contributed by atoms with E-state index in [4.69, 9.17) is 0 Å². The van der Waals surface area contributed by atoms with Crippen LogP contribution >= 0.6 is 0 Å². The number of hydrogen-bond donors (Lipinski definition) is 2. The molecule has 102 valence electrons. The minimum atomic E-state index is -0.0598. The molecule has 0 aliphatic rings. The number of hydrogen-bond acceptors (Lipinski definition) is 2. The van der Waals surface area contributed by atoms with Crippen molar-refractivity contribution in [2.45, 2.75) is 58.3 Å².